The van der Waals surface area contributed by atoms with E-state index in [0.29, 0.717) is 12.2 Å². The molecule has 6 heteroatoms. The van der Waals surface area contributed by atoms with Crippen LogP contribution in [0.1, 0.15) is 5.56 Å². The van der Waals surface area contributed by atoms with Crippen LogP contribution in [0.5, 0.6) is 0 Å². The van der Waals surface area contributed by atoms with Crippen molar-refractivity contribution in [1.82, 2.24) is 15.0 Å². The predicted molar refractivity (Wildman–Crippen MR) is 58.3 cm³/mol. The van der Waals surface area contributed by atoms with Gasteiger partial charge >= 0.3 is 6.03 Å². The fraction of sp³-hybridized carbons (Fsp3) is 0.182. The summed E-state index contributed by atoms with van der Waals surface area (Å²) in [4.78, 5) is 13.6. The van der Waals surface area contributed by atoms with Crippen molar-refractivity contribution in [2.45, 2.75) is 6.42 Å². The minimum Gasteiger partial charge on any atom is -0.292 e. The minimum absolute atomic E-state index is 0.313. The van der Waals surface area contributed by atoms with Gasteiger partial charge in [-0.25, -0.2) is 9.18 Å². The predicted octanol–water partition coefficient (Wildman–Crippen LogP) is 1.45. The van der Waals surface area contributed by atoms with Gasteiger partial charge in [-0.05, 0) is 24.1 Å². The molecule has 0 aliphatic carbocycles. The number of aromatic nitrogens is 3. The van der Waals surface area contributed by atoms with Crippen LogP contribution in [0.2, 0.25) is 0 Å². The Hall–Kier alpha value is -2.24. The van der Waals surface area contributed by atoms with E-state index in [9.17, 15) is 9.18 Å². The second-order valence-corrected chi connectivity index (χ2v) is 3.80. The molecule has 0 unspecified atom stereocenters. The summed E-state index contributed by atoms with van der Waals surface area (Å²) in [7, 11) is 0. The van der Waals surface area contributed by atoms with Crippen molar-refractivity contribution < 1.29 is 9.18 Å². The Morgan fingerprint density at radius 1 is 1.41 bits per heavy atom. The number of halogens is 1. The van der Waals surface area contributed by atoms with Crippen LogP contribution in [0.25, 0.3) is 0 Å². The summed E-state index contributed by atoms with van der Waals surface area (Å²) in [6, 6.07) is 4.17. The number of fused-ring (bicyclic) bond motifs is 1. The third-order valence-corrected chi connectivity index (χ3v) is 2.79. The highest BCUT2D eigenvalue weighted by atomic mass is 19.1. The van der Waals surface area contributed by atoms with E-state index in [1.165, 1.54) is 29.4 Å². The first kappa shape index (κ1) is 9.95. The highest BCUT2D eigenvalue weighted by molar-refractivity contribution is 5.95. The van der Waals surface area contributed by atoms with Crippen molar-refractivity contribution in [2.24, 2.45) is 0 Å². The number of carbonyl (C=O) groups excluding carboxylic acids is 1. The second kappa shape index (κ2) is 3.65. The highest BCUT2D eigenvalue weighted by Crippen LogP contribution is 2.28. The normalized spacial score (nSPS) is 13.8. The quantitative estimate of drug-likeness (QED) is 0.690. The summed E-state index contributed by atoms with van der Waals surface area (Å²) in [5, 5.41) is 7.22. The van der Waals surface area contributed by atoms with Crippen molar-refractivity contribution >= 4 is 11.7 Å². The number of hydrogen-bond donors (Lipinski definition) is 0. The highest BCUT2D eigenvalue weighted by Gasteiger charge is 2.26. The Morgan fingerprint density at radius 2 is 2.29 bits per heavy atom. The molecule has 1 amide bonds. The molecule has 5 nitrogen and oxygen atoms in total. The average molecular weight is 232 g/mol. The van der Waals surface area contributed by atoms with Crippen LogP contribution in [0.3, 0.4) is 0 Å². The van der Waals surface area contributed by atoms with Crippen LogP contribution >= 0.6 is 0 Å². The first-order valence-corrected chi connectivity index (χ1v) is 5.22. The number of rotatable bonds is 0. The lowest BCUT2D eigenvalue weighted by molar-refractivity contribution is 0.245. The molecule has 0 spiro atoms. The molecule has 86 valence electrons. The zero-order valence-corrected chi connectivity index (χ0v) is 8.88. The Morgan fingerprint density at radius 3 is 3.06 bits per heavy atom. The first-order valence-electron chi connectivity index (χ1n) is 5.22. The largest absolute Gasteiger partial charge is 0.350 e. The third-order valence-electron chi connectivity index (χ3n) is 2.79. The molecule has 0 saturated heterocycles. The number of nitrogens with zero attached hydrogens (tertiary/aromatic N) is 4. The summed E-state index contributed by atoms with van der Waals surface area (Å²) in [6.45, 7) is 0.539. The van der Waals surface area contributed by atoms with E-state index < -0.39 is 0 Å². The maximum atomic E-state index is 13.2. The SMILES string of the molecule is O=C(N1CCc2ccc(F)cc21)n1ccnn1. The van der Waals surface area contributed by atoms with Gasteiger partial charge < -0.3 is 0 Å². The zero-order valence-electron chi connectivity index (χ0n) is 8.88. The van der Waals surface area contributed by atoms with Crippen molar-refractivity contribution in [2.75, 3.05) is 11.4 Å². The maximum Gasteiger partial charge on any atom is 0.350 e. The molecule has 0 N–H and O–H groups in total. The Balaban J connectivity index is 1.98. The Labute approximate surface area is 96.5 Å². The summed E-state index contributed by atoms with van der Waals surface area (Å²) in [5.41, 5.74) is 1.59. The smallest absolute Gasteiger partial charge is 0.292 e. The second-order valence-electron chi connectivity index (χ2n) is 3.80. The molecule has 0 bridgehead atoms. The fourth-order valence-electron chi connectivity index (χ4n) is 1.98. The third kappa shape index (κ3) is 1.57. The molecule has 2 aromatic rings. The molecule has 2 heterocycles. The van der Waals surface area contributed by atoms with E-state index in [4.69, 9.17) is 0 Å². The van der Waals surface area contributed by atoms with Crippen molar-refractivity contribution in [1.29, 1.82) is 0 Å². The van der Waals surface area contributed by atoms with E-state index in [0.717, 1.165) is 16.7 Å². The van der Waals surface area contributed by atoms with Gasteiger partial charge in [0.15, 0.2) is 0 Å². The van der Waals surface area contributed by atoms with Crippen molar-refractivity contribution in [3.05, 3.63) is 42.0 Å². The van der Waals surface area contributed by atoms with Crippen molar-refractivity contribution in [3.8, 4) is 0 Å². The molecule has 17 heavy (non-hydrogen) atoms. The van der Waals surface area contributed by atoms with Crippen LogP contribution in [-0.2, 0) is 6.42 Å². The van der Waals surface area contributed by atoms with Crippen molar-refractivity contribution in [3.63, 3.8) is 0 Å². The lowest BCUT2D eigenvalue weighted by Gasteiger charge is -2.16. The molecule has 0 saturated carbocycles. The molecule has 3 rings (SSSR count). The van der Waals surface area contributed by atoms with Gasteiger partial charge in [0.25, 0.3) is 0 Å². The average Bonchev–Trinajstić information content (AvgIpc) is 2.97. The van der Waals surface area contributed by atoms with E-state index in [1.54, 1.807) is 6.07 Å². The van der Waals surface area contributed by atoms with Crippen LogP contribution < -0.4 is 4.90 Å². The summed E-state index contributed by atoms with van der Waals surface area (Å²) >= 11 is 0. The summed E-state index contributed by atoms with van der Waals surface area (Å²) < 4.78 is 14.3. The molecule has 0 atom stereocenters. The van der Waals surface area contributed by atoms with Crippen LogP contribution in [0.15, 0.2) is 30.6 Å². The fourth-order valence-corrected chi connectivity index (χ4v) is 1.98. The first-order chi connectivity index (χ1) is 8.25. The topological polar surface area (TPSA) is 51.0 Å². The van der Waals surface area contributed by atoms with E-state index >= 15 is 0 Å². The standard InChI is InChI=1S/C11H9FN4O/c12-9-2-1-8-3-5-15(10(8)7-9)11(17)16-6-4-13-14-16/h1-2,4,6-7H,3,5H2. The van der Waals surface area contributed by atoms with Gasteiger partial charge in [0.2, 0.25) is 0 Å². The van der Waals surface area contributed by atoms with E-state index in [-0.39, 0.29) is 11.8 Å². The van der Waals surface area contributed by atoms with Gasteiger partial charge in [-0.2, -0.15) is 4.68 Å². The monoisotopic (exact) mass is 232 g/mol. The molecule has 1 aromatic carbocycles. The van der Waals surface area contributed by atoms with E-state index in [1.807, 2.05) is 0 Å². The molecular formula is C11H9FN4O. The number of anilines is 1. The van der Waals surface area contributed by atoms with E-state index in [2.05, 4.69) is 10.3 Å². The number of hydrogen-bond acceptors (Lipinski definition) is 3. The Kier molecular flexibility index (Phi) is 2.14. The molecule has 0 radical (unpaired) electrons. The minimum atomic E-state index is -0.345. The Bertz CT molecular complexity index is 567. The molecular weight excluding hydrogens is 223 g/mol. The van der Waals surface area contributed by atoms with Crippen LogP contribution in [0, 0.1) is 5.82 Å². The summed E-state index contributed by atoms with van der Waals surface area (Å²) in [6.07, 6.45) is 3.64. The lowest BCUT2D eigenvalue weighted by Crippen LogP contribution is -2.33. The van der Waals surface area contributed by atoms with Gasteiger partial charge in [-0.3, -0.25) is 4.90 Å². The van der Waals surface area contributed by atoms with Gasteiger partial charge in [0.05, 0.1) is 18.1 Å². The summed E-state index contributed by atoms with van der Waals surface area (Å²) in [5.74, 6) is -0.345. The van der Waals surface area contributed by atoms with Gasteiger partial charge in [0.1, 0.15) is 5.82 Å². The van der Waals surface area contributed by atoms with Gasteiger partial charge in [-0.15, -0.1) is 5.10 Å². The molecule has 1 aliphatic rings. The molecule has 1 aromatic heterocycles. The maximum absolute atomic E-state index is 13.2. The number of benzene rings is 1. The van der Waals surface area contributed by atoms with Crippen LogP contribution in [-0.4, -0.2) is 27.6 Å². The molecule has 0 fully saturated rings. The van der Waals surface area contributed by atoms with Crippen LogP contribution in [0.4, 0.5) is 14.9 Å². The number of carbonyl (C=O) groups is 1. The van der Waals surface area contributed by atoms with Gasteiger partial charge in [-0.1, -0.05) is 11.3 Å². The number of amides is 1. The lowest BCUT2D eigenvalue weighted by atomic mass is 10.2. The zero-order chi connectivity index (χ0) is 11.8. The van der Waals surface area contributed by atoms with Gasteiger partial charge in [0, 0.05) is 6.54 Å². The molecule has 1 aliphatic heterocycles.